The molecule has 1 atom stereocenters. The zero-order chi connectivity index (χ0) is 12.5. The van der Waals surface area contributed by atoms with Gasteiger partial charge in [-0.3, -0.25) is 0 Å². The number of para-hydroxylation sites is 1. The van der Waals surface area contributed by atoms with Crippen molar-refractivity contribution < 1.29 is 9.84 Å². The number of benzene rings is 1. The van der Waals surface area contributed by atoms with E-state index in [4.69, 9.17) is 16.3 Å². The molecule has 1 aromatic heterocycles. The van der Waals surface area contributed by atoms with Crippen molar-refractivity contribution in [2.45, 2.75) is 18.9 Å². The van der Waals surface area contributed by atoms with Crippen molar-refractivity contribution in [2.24, 2.45) is 0 Å². The first-order chi connectivity index (χ1) is 8.75. The van der Waals surface area contributed by atoms with Crippen LogP contribution in [0, 0.1) is 0 Å². The van der Waals surface area contributed by atoms with E-state index >= 15 is 0 Å². The Labute approximate surface area is 115 Å². The quantitative estimate of drug-likeness (QED) is 0.906. The van der Waals surface area contributed by atoms with Crippen LogP contribution >= 0.6 is 22.9 Å². The van der Waals surface area contributed by atoms with Crippen LogP contribution in [0.3, 0.4) is 0 Å². The molecule has 18 heavy (non-hydrogen) atoms. The van der Waals surface area contributed by atoms with E-state index in [2.05, 4.69) is 6.07 Å². The zero-order valence-corrected chi connectivity index (χ0v) is 11.3. The summed E-state index contributed by atoms with van der Waals surface area (Å²) in [6, 6.07) is 7.76. The molecule has 2 nitrogen and oxygen atoms in total. The number of aliphatic hydroxyl groups is 1. The van der Waals surface area contributed by atoms with Gasteiger partial charge in [0.05, 0.1) is 11.6 Å². The molecule has 0 saturated heterocycles. The maximum atomic E-state index is 10.4. The maximum Gasteiger partial charge on any atom is 0.128 e. The van der Waals surface area contributed by atoms with E-state index in [9.17, 15) is 5.11 Å². The predicted molar refractivity (Wildman–Crippen MR) is 73.6 cm³/mol. The van der Waals surface area contributed by atoms with Crippen LogP contribution in [0.4, 0.5) is 0 Å². The van der Waals surface area contributed by atoms with Gasteiger partial charge in [-0.15, -0.1) is 11.3 Å². The number of aliphatic hydroxyl groups excluding tert-OH is 1. The summed E-state index contributed by atoms with van der Waals surface area (Å²) in [6.07, 6.45) is 1.40. The molecule has 0 amide bonds. The number of halogens is 1. The standard InChI is InChI=1S/C14H13ClO2S/c15-10-7-12(18-8-10)13(16)11-5-1-3-9-4-2-6-17-14(9)11/h1,3,5,7-8,13,16H,2,4,6H2. The Morgan fingerprint density at radius 2 is 2.28 bits per heavy atom. The summed E-state index contributed by atoms with van der Waals surface area (Å²) < 4.78 is 5.72. The van der Waals surface area contributed by atoms with Crippen LogP contribution in [0.2, 0.25) is 5.02 Å². The fourth-order valence-corrected chi connectivity index (χ4v) is 3.34. The van der Waals surface area contributed by atoms with Crippen molar-refractivity contribution in [3.63, 3.8) is 0 Å². The summed E-state index contributed by atoms with van der Waals surface area (Å²) in [6.45, 7) is 0.724. The first kappa shape index (κ1) is 12.0. The van der Waals surface area contributed by atoms with Gasteiger partial charge in [-0.1, -0.05) is 29.8 Å². The highest BCUT2D eigenvalue weighted by Crippen LogP contribution is 2.37. The van der Waals surface area contributed by atoms with Gasteiger partial charge in [0.15, 0.2) is 0 Å². The minimum atomic E-state index is -0.657. The van der Waals surface area contributed by atoms with Gasteiger partial charge >= 0.3 is 0 Å². The van der Waals surface area contributed by atoms with Crippen molar-refractivity contribution in [2.75, 3.05) is 6.61 Å². The first-order valence-corrected chi connectivity index (χ1v) is 7.18. The van der Waals surface area contributed by atoms with E-state index < -0.39 is 6.10 Å². The lowest BCUT2D eigenvalue weighted by atomic mass is 9.99. The average Bonchev–Trinajstić information content (AvgIpc) is 2.84. The van der Waals surface area contributed by atoms with Crippen molar-refractivity contribution in [1.82, 2.24) is 0 Å². The molecule has 4 heteroatoms. The van der Waals surface area contributed by atoms with Crippen LogP contribution < -0.4 is 4.74 Å². The Balaban J connectivity index is 2.01. The Morgan fingerprint density at radius 1 is 1.39 bits per heavy atom. The topological polar surface area (TPSA) is 29.5 Å². The molecule has 0 saturated carbocycles. The summed E-state index contributed by atoms with van der Waals surface area (Å²) >= 11 is 7.37. The van der Waals surface area contributed by atoms with Gasteiger partial charge in [-0.25, -0.2) is 0 Å². The number of hydrogen-bond donors (Lipinski definition) is 1. The van der Waals surface area contributed by atoms with Crippen LogP contribution in [0.25, 0.3) is 0 Å². The number of aryl methyl sites for hydroxylation is 1. The minimum absolute atomic E-state index is 0.657. The van der Waals surface area contributed by atoms with E-state index in [-0.39, 0.29) is 0 Å². The summed E-state index contributed by atoms with van der Waals surface area (Å²) in [5, 5.41) is 12.9. The molecular formula is C14H13ClO2S. The molecule has 1 aliphatic rings. The Morgan fingerprint density at radius 3 is 3.06 bits per heavy atom. The van der Waals surface area contributed by atoms with Gasteiger partial charge in [0, 0.05) is 15.8 Å². The normalized spacial score (nSPS) is 15.9. The number of fused-ring (bicyclic) bond motifs is 1. The molecule has 2 heterocycles. The van der Waals surface area contributed by atoms with Gasteiger partial charge in [-0.2, -0.15) is 0 Å². The van der Waals surface area contributed by atoms with Gasteiger partial charge < -0.3 is 9.84 Å². The molecule has 1 aromatic carbocycles. The number of hydrogen-bond acceptors (Lipinski definition) is 3. The van der Waals surface area contributed by atoms with Crippen LogP contribution in [-0.4, -0.2) is 11.7 Å². The van der Waals surface area contributed by atoms with Crippen molar-refractivity contribution in [1.29, 1.82) is 0 Å². The van der Waals surface area contributed by atoms with E-state index in [0.29, 0.717) is 5.02 Å². The van der Waals surface area contributed by atoms with E-state index in [1.807, 2.05) is 17.5 Å². The second kappa shape index (κ2) is 4.92. The predicted octanol–water partition coefficient (Wildman–Crippen LogP) is 3.81. The van der Waals surface area contributed by atoms with E-state index in [0.717, 1.165) is 35.6 Å². The third-order valence-corrected chi connectivity index (χ3v) is 4.45. The number of thiophene rings is 1. The third kappa shape index (κ3) is 2.14. The van der Waals surface area contributed by atoms with E-state index in [1.54, 1.807) is 6.07 Å². The Kier molecular flexibility index (Phi) is 3.29. The third-order valence-electron chi connectivity index (χ3n) is 3.12. The van der Waals surface area contributed by atoms with Gasteiger partial charge in [0.1, 0.15) is 11.9 Å². The molecule has 94 valence electrons. The molecular weight excluding hydrogens is 268 g/mol. The molecule has 1 aliphatic heterocycles. The summed E-state index contributed by atoms with van der Waals surface area (Å²) in [4.78, 5) is 0.850. The van der Waals surface area contributed by atoms with Gasteiger partial charge in [-0.05, 0) is 24.5 Å². The lowest BCUT2D eigenvalue weighted by molar-refractivity contribution is 0.210. The van der Waals surface area contributed by atoms with Crippen LogP contribution in [0.1, 0.15) is 28.5 Å². The van der Waals surface area contributed by atoms with Crippen molar-refractivity contribution in [3.05, 3.63) is 50.7 Å². The van der Waals surface area contributed by atoms with Crippen LogP contribution in [-0.2, 0) is 6.42 Å². The lowest BCUT2D eigenvalue weighted by Crippen LogP contribution is -2.12. The SMILES string of the molecule is OC(c1cc(Cl)cs1)c1cccc2c1OCCC2. The summed E-state index contributed by atoms with van der Waals surface area (Å²) in [5.74, 6) is 0.848. The van der Waals surface area contributed by atoms with Gasteiger partial charge in [0.2, 0.25) is 0 Å². The first-order valence-electron chi connectivity index (χ1n) is 5.92. The highest BCUT2D eigenvalue weighted by Gasteiger charge is 2.21. The number of ether oxygens (including phenoxy) is 1. The second-order valence-corrected chi connectivity index (χ2v) is 5.74. The highest BCUT2D eigenvalue weighted by molar-refractivity contribution is 7.10. The Bertz CT molecular complexity index is 565. The van der Waals surface area contributed by atoms with Crippen molar-refractivity contribution in [3.8, 4) is 5.75 Å². The zero-order valence-electron chi connectivity index (χ0n) is 9.73. The molecule has 3 rings (SSSR count). The van der Waals surface area contributed by atoms with Crippen LogP contribution in [0.15, 0.2) is 29.6 Å². The monoisotopic (exact) mass is 280 g/mol. The van der Waals surface area contributed by atoms with Gasteiger partial charge in [0.25, 0.3) is 0 Å². The molecule has 1 unspecified atom stereocenters. The highest BCUT2D eigenvalue weighted by atomic mass is 35.5. The second-order valence-electron chi connectivity index (χ2n) is 4.36. The molecule has 0 spiro atoms. The van der Waals surface area contributed by atoms with E-state index in [1.165, 1.54) is 16.9 Å². The molecule has 0 bridgehead atoms. The molecule has 0 radical (unpaired) electrons. The molecule has 2 aromatic rings. The number of rotatable bonds is 2. The fraction of sp³-hybridized carbons (Fsp3) is 0.286. The summed E-state index contributed by atoms with van der Waals surface area (Å²) in [7, 11) is 0. The molecule has 0 aliphatic carbocycles. The maximum absolute atomic E-state index is 10.4. The Hall–Kier alpha value is -1.03. The largest absolute Gasteiger partial charge is 0.493 e. The smallest absolute Gasteiger partial charge is 0.128 e. The summed E-state index contributed by atoms with van der Waals surface area (Å²) in [5.41, 5.74) is 2.02. The van der Waals surface area contributed by atoms with Crippen molar-refractivity contribution >= 4 is 22.9 Å². The fourth-order valence-electron chi connectivity index (χ4n) is 2.25. The lowest BCUT2D eigenvalue weighted by Gasteiger charge is -2.22. The van der Waals surface area contributed by atoms with Crippen LogP contribution in [0.5, 0.6) is 5.75 Å². The minimum Gasteiger partial charge on any atom is -0.493 e. The average molecular weight is 281 g/mol. The molecule has 0 fully saturated rings. The molecule has 1 N–H and O–H groups in total.